The molecule has 0 saturated carbocycles. The molecule has 0 saturated heterocycles. The highest BCUT2D eigenvalue weighted by Gasteiger charge is 2.12. The van der Waals surface area contributed by atoms with E-state index in [0.717, 1.165) is 5.69 Å². The molecule has 2 nitrogen and oxygen atoms in total. The van der Waals surface area contributed by atoms with Gasteiger partial charge in [-0.2, -0.15) is 0 Å². The van der Waals surface area contributed by atoms with Crippen LogP contribution in [-0.4, -0.2) is 9.97 Å². The topological polar surface area (TPSA) is 28.7 Å². The summed E-state index contributed by atoms with van der Waals surface area (Å²) >= 11 is 0. The van der Waals surface area contributed by atoms with E-state index < -0.39 is 0 Å². The maximum Gasteiger partial charge on any atom is 0.0921 e. The van der Waals surface area contributed by atoms with Crippen LogP contribution in [0.25, 0.3) is 10.8 Å². The quantitative estimate of drug-likeness (QED) is 0.703. The maximum absolute atomic E-state index is 4.09. The molecule has 3 rings (SSSR count). The minimum absolute atomic E-state index is 0.337. The second-order valence-corrected chi connectivity index (χ2v) is 4.30. The maximum atomic E-state index is 4.09. The molecule has 1 N–H and O–H groups in total. The number of nitrogens with zero attached hydrogens (tertiary/aromatic N) is 1. The fourth-order valence-electron chi connectivity index (χ4n) is 2.30. The third kappa shape index (κ3) is 1.72. The summed E-state index contributed by atoms with van der Waals surface area (Å²) in [5.41, 5.74) is 2.49. The molecule has 84 valence electrons. The molecule has 0 fully saturated rings. The number of fused-ring (bicyclic) bond motifs is 1. The second-order valence-electron chi connectivity index (χ2n) is 4.30. The number of imidazole rings is 1. The van der Waals surface area contributed by atoms with E-state index in [4.69, 9.17) is 0 Å². The van der Waals surface area contributed by atoms with Gasteiger partial charge in [-0.25, -0.2) is 4.98 Å². The number of nitrogens with one attached hydrogen (secondary N) is 1. The largest absolute Gasteiger partial charge is 0.348 e. The molecule has 3 aromatic rings. The number of rotatable bonds is 2. The van der Waals surface area contributed by atoms with E-state index in [9.17, 15) is 0 Å². The Labute approximate surface area is 100 Å². The molecule has 0 aliphatic rings. The standard InChI is InChI=1S/C15H14N2/c1-11(15-9-16-10-17-15)13-8-4-6-12-5-2-3-7-14(12)13/h2-11H,1H3,(H,16,17)/t11-/m0/s1. The summed E-state index contributed by atoms with van der Waals surface area (Å²) in [6.45, 7) is 2.20. The smallest absolute Gasteiger partial charge is 0.0921 e. The molecule has 17 heavy (non-hydrogen) atoms. The molecule has 0 radical (unpaired) electrons. The molecular weight excluding hydrogens is 208 g/mol. The summed E-state index contributed by atoms with van der Waals surface area (Å²) in [6, 6.07) is 14.9. The van der Waals surface area contributed by atoms with Crippen LogP contribution in [0.5, 0.6) is 0 Å². The van der Waals surface area contributed by atoms with Crippen LogP contribution in [0.15, 0.2) is 55.0 Å². The summed E-state index contributed by atoms with van der Waals surface area (Å²) in [6.07, 6.45) is 3.63. The van der Waals surface area contributed by atoms with Crippen molar-refractivity contribution in [3.63, 3.8) is 0 Å². The summed E-state index contributed by atoms with van der Waals surface area (Å²) in [5.74, 6) is 0.337. The van der Waals surface area contributed by atoms with Gasteiger partial charge < -0.3 is 4.98 Å². The van der Waals surface area contributed by atoms with E-state index in [1.54, 1.807) is 6.33 Å². The summed E-state index contributed by atoms with van der Waals surface area (Å²) in [5, 5.41) is 2.61. The Morgan fingerprint density at radius 3 is 2.71 bits per heavy atom. The number of benzene rings is 2. The van der Waals surface area contributed by atoms with Crippen molar-refractivity contribution >= 4 is 10.8 Å². The zero-order valence-corrected chi connectivity index (χ0v) is 9.72. The van der Waals surface area contributed by atoms with Gasteiger partial charge in [-0.05, 0) is 16.3 Å². The number of H-pyrrole nitrogens is 1. The third-order valence-corrected chi connectivity index (χ3v) is 3.28. The first-order chi connectivity index (χ1) is 8.36. The third-order valence-electron chi connectivity index (χ3n) is 3.28. The van der Waals surface area contributed by atoms with Crippen LogP contribution in [0.2, 0.25) is 0 Å². The van der Waals surface area contributed by atoms with Gasteiger partial charge >= 0.3 is 0 Å². The molecule has 0 bridgehead atoms. The Bertz CT molecular complexity index is 621. The van der Waals surface area contributed by atoms with Crippen LogP contribution in [0.4, 0.5) is 0 Å². The van der Waals surface area contributed by atoms with Crippen molar-refractivity contribution in [1.29, 1.82) is 0 Å². The second kappa shape index (κ2) is 4.06. The Hall–Kier alpha value is -2.09. The average molecular weight is 222 g/mol. The predicted molar refractivity (Wildman–Crippen MR) is 70.1 cm³/mol. The van der Waals surface area contributed by atoms with Crippen LogP contribution in [-0.2, 0) is 0 Å². The SMILES string of the molecule is C[C@H](c1cnc[nH]1)c1cccc2ccccc12. The molecule has 0 spiro atoms. The van der Waals surface area contributed by atoms with Gasteiger partial charge in [0.25, 0.3) is 0 Å². The van der Waals surface area contributed by atoms with Crippen molar-refractivity contribution in [2.24, 2.45) is 0 Å². The normalized spacial score (nSPS) is 12.8. The van der Waals surface area contributed by atoms with Crippen molar-refractivity contribution in [3.8, 4) is 0 Å². The lowest BCUT2D eigenvalue weighted by Gasteiger charge is -2.12. The average Bonchev–Trinajstić information content (AvgIpc) is 2.91. The van der Waals surface area contributed by atoms with E-state index in [2.05, 4.69) is 59.4 Å². The van der Waals surface area contributed by atoms with E-state index in [1.165, 1.54) is 16.3 Å². The predicted octanol–water partition coefficient (Wildman–Crippen LogP) is 3.71. The number of aromatic amines is 1. The summed E-state index contributed by atoms with van der Waals surface area (Å²) in [7, 11) is 0. The lowest BCUT2D eigenvalue weighted by atomic mass is 9.93. The number of hydrogen-bond donors (Lipinski definition) is 1. The zero-order chi connectivity index (χ0) is 11.7. The lowest BCUT2D eigenvalue weighted by Crippen LogP contribution is -1.97. The fourth-order valence-corrected chi connectivity index (χ4v) is 2.30. The van der Waals surface area contributed by atoms with Crippen molar-refractivity contribution in [1.82, 2.24) is 9.97 Å². The Balaban J connectivity index is 2.17. The van der Waals surface area contributed by atoms with Crippen LogP contribution < -0.4 is 0 Å². The number of aromatic nitrogens is 2. The van der Waals surface area contributed by atoms with Crippen molar-refractivity contribution in [2.45, 2.75) is 12.8 Å². The molecule has 2 heteroatoms. The van der Waals surface area contributed by atoms with Gasteiger partial charge in [0.15, 0.2) is 0 Å². The minimum atomic E-state index is 0.337. The molecule has 0 amide bonds. The molecule has 0 unspecified atom stereocenters. The monoisotopic (exact) mass is 222 g/mol. The highest BCUT2D eigenvalue weighted by molar-refractivity contribution is 5.86. The molecule has 2 aromatic carbocycles. The Morgan fingerprint density at radius 2 is 1.88 bits per heavy atom. The Kier molecular flexibility index (Phi) is 2.41. The van der Waals surface area contributed by atoms with Gasteiger partial charge in [-0.15, -0.1) is 0 Å². The van der Waals surface area contributed by atoms with E-state index in [-0.39, 0.29) is 0 Å². The molecule has 0 aliphatic carbocycles. The van der Waals surface area contributed by atoms with Crippen molar-refractivity contribution in [2.75, 3.05) is 0 Å². The highest BCUT2D eigenvalue weighted by atomic mass is 14.9. The molecule has 1 atom stereocenters. The van der Waals surface area contributed by atoms with Gasteiger partial charge in [0.1, 0.15) is 0 Å². The molecule has 0 aliphatic heterocycles. The van der Waals surface area contributed by atoms with Crippen LogP contribution in [0.1, 0.15) is 24.1 Å². The van der Waals surface area contributed by atoms with Gasteiger partial charge in [0.05, 0.1) is 6.33 Å². The van der Waals surface area contributed by atoms with E-state index >= 15 is 0 Å². The van der Waals surface area contributed by atoms with Crippen molar-refractivity contribution in [3.05, 3.63) is 66.2 Å². The zero-order valence-electron chi connectivity index (χ0n) is 9.72. The highest BCUT2D eigenvalue weighted by Crippen LogP contribution is 2.28. The van der Waals surface area contributed by atoms with Crippen molar-refractivity contribution < 1.29 is 0 Å². The molecule has 1 aromatic heterocycles. The summed E-state index contributed by atoms with van der Waals surface area (Å²) < 4.78 is 0. The molecular formula is C15H14N2. The number of hydrogen-bond acceptors (Lipinski definition) is 1. The first-order valence-electron chi connectivity index (χ1n) is 5.82. The fraction of sp³-hybridized carbons (Fsp3) is 0.133. The van der Waals surface area contributed by atoms with E-state index in [0.29, 0.717) is 5.92 Å². The van der Waals surface area contributed by atoms with E-state index in [1.807, 2.05) is 6.20 Å². The lowest BCUT2D eigenvalue weighted by molar-refractivity contribution is 0.892. The first-order valence-corrected chi connectivity index (χ1v) is 5.82. The van der Waals surface area contributed by atoms with Gasteiger partial charge in [0, 0.05) is 17.8 Å². The van der Waals surface area contributed by atoms with Gasteiger partial charge in [0.2, 0.25) is 0 Å². The van der Waals surface area contributed by atoms with Crippen LogP contribution in [0, 0.1) is 0 Å². The molecule has 1 heterocycles. The summed E-state index contributed by atoms with van der Waals surface area (Å²) in [4.78, 5) is 7.28. The van der Waals surface area contributed by atoms with Gasteiger partial charge in [-0.1, -0.05) is 49.4 Å². The first kappa shape index (κ1) is 10.1. The van der Waals surface area contributed by atoms with Gasteiger partial charge in [-0.3, -0.25) is 0 Å². The minimum Gasteiger partial charge on any atom is -0.348 e. The van der Waals surface area contributed by atoms with Crippen LogP contribution >= 0.6 is 0 Å². The Morgan fingerprint density at radius 1 is 1.06 bits per heavy atom. The van der Waals surface area contributed by atoms with Crippen LogP contribution in [0.3, 0.4) is 0 Å².